The quantitative estimate of drug-likeness (QED) is 0.382. The molecule has 0 aliphatic heterocycles. The fourth-order valence-corrected chi connectivity index (χ4v) is 1.26. The molecule has 0 aromatic heterocycles. The Bertz CT molecular complexity index is 492. The highest BCUT2D eigenvalue weighted by Gasteiger charge is 2.03. The average molecular weight is 249 g/mol. The van der Waals surface area contributed by atoms with Gasteiger partial charge >= 0.3 is 5.97 Å². The van der Waals surface area contributed by atoms with Crippen LogP contribution in [0.4, 0.5) is 5.69 Å². The molecule has 7 nitrogen and oxygen atoms in total. The van der Waals surface area contributed by atoms with E-state index < -0.39 is 0 Å². The number of nitrogens with zero attached hydrogens (tertiary/aromatic N) is 2. The highest BCUT2D eigenvalue weighted by Crippen LogP contribution is 2.14. The number of aliphatic imine (C=N–C) groups is 2. The lowest BCUT2D eigenvalue weighted by Gasteiger charge is -2.01. The number of guanidine groups is 2. The molecule has 1 aromatic rings. The van der Waals surface area contributed by atoms with Gasteiger partial charge in [-0.25, -0.2) is 4.99 Å². The Balaban J connectivity index is 2.89. The molecule has 0 saturated carbocycles. The van der Waals surface area contributed by atoms with Crippen LogP contribution in [0.5, 0.6) is 0 Å². The molecule has 0 atom stereocenters. The van der Waals surface area contributed by atoms with Crippen LogP contribution in [0.15, 0.2) is 34.3 Å². The molecule has 0 spiro atoms. The van der Waals surface area contributed by atoms with Gasteiger partial charge in [-0.05, 0) is 17.7 Å². The van der Waals surface area contributed by atoms with E-state index in [-0.39, 0.29) is 24.3 Å². The van der Waals surface area contributed by atoms with Crippen molar-refractivity contribution in [3.05, 3.63) is 29.8 Å². The smallest absolute Gasteiger partial charge is 0.309 e. The minimum atomic E-state index is -0.326. The number of rotatable bonds is 3. The van der Waals surface area contributed by atoms with E-state index in [0.717, 1.165) is 5.56 Å². The van der Waals surface area contributed by atoms with Crippen molar-refractivity contribution in [3.8, 4) is 0 Å². The number of nitrogens with two attached hydrogens (primary N) is 3. The molecule has 0 radical (unpaired) electrons. The highest BCUT2D eigenvalue weighted by molar-refractivity contribution is 5.93. The maximum Gasteiger partial charge on any atom is 0.309 e. The second-order valence-electron chi connectivity index (χ2n) is 3.43. The van der Waals surface area contributed by atoms with Gasteiger partial charge in [0, 0.05) is 0 Å². The predicted molar refractivity (Wildman–Crippen MR) is 69.3 cm³/mol. The van der Waals surface area contributed by atoms with Crippen molar-refractivity contribution in [1.82, 2.24) is 0 Å². The van der Waals surface area contributed by atoms with E-state index in [9.17, 15) is 4.79 Å². The fraction of sp³-hybridized carbons (Fsp3) is 0.182. The molecule has 1 rings (SSSR count). The Morgan fingerprint density at radius 3 is 2.67 bits per heavy atom. The van der Waals surface area contributed by atoms with Crippen LogP contribution in [-0.2, 0) is 16.0 Å². The van der Waals surface area contributed by atoms with Crippen molar-refractivity contribution >= 4 is 23.6 Å². The first-order chi connectivity index (χ1) is 8.51. The molecule has 0 fully saturated rings. The molecule has 1 aromatic carbocycles. The third-order valence-corrected chi connectivity index (χ3v) is 1.97. The van der Waals surface area contributed by atoms with Crippen molar-refractivity contribution in [2.45, 2.75) is 6.42 Å². The van der Waals surface area contributed by atoms with Crippen LogP contribution < -0.4 is 17.2 Å². The van der Waals surface area contributed by atoms with Gasteiger partial charge in [-0.3, -0.25) is 4.79 Å². The van der Waals surface area contributed by atoms with Crippen LogP contribution in [0.25, 0.3) is 0 Å². The first kappa shape index (κ1) is 13.5. The summed E-state index contributed by atoms with van der Waals surface area (Å²) in [5.74, 6) is -0.541. The topological polar surface area (TPSA) is 129 Å². The van der Waals surface area contributed by atoms with E-state index in [0.29, 0.717) is 5.69 Å². The lowest BCUT2D eigenvalue weighted by molar-refractivity contribution is -0.139. The Hall–Kier alpha value is -2.57. The lowest BCUT2D eigenvalue weighted by atomic mass is 10.1. The first-order valence-electron chi connectivity index (χ1n) is 5.11. The first-order valence-corrected chi connectivity index (χ1v) is 5.11. The van der Waals surface area contributed by atoms with Gasteiger partial charge < -0.3 is 21.9 Å². The highest BCUT2D eigenvalue weighted by atomic mass is 16.5. The third-order valence-electron chi connectivity index (χ3n) is 1.97. The van der Waals surface area contributed by atoms with Crippen molar-refractivity contribution < 1.29 is 9.53 Å². The van der Waals surface area contributed by atoms with Crippen molar-refractivity contribution in [1.29, 1.82) is 0 Å². The third kappa shape index (κ3) is 4.52. The zero-order valence-electron chi connectivity index (χ0n) is 9.96. The SMILES string of the molecule is COC(=O)Cc1cccc(N=C(N)N=C(N)N)c1. The minimum Gasteiger partial charge on any atom is -0.469 e. The number of hydrogen-bond acceptors (Lipinski definition) is 3. The summed E-state index contributed by atoms with van der Waals surface area (Å²) in [7, 11) is 1.33. The Labute approximate surface area is 104 Å². The number of carbonyl (C=O) groups is 1. The van der Waals surface area contributed by atoms with Crippen LogP contribution in [0.3, 0.4) is 0 Å². The van der Waals surface area contributed by atoms with Gasteiger partial charge in [0.15, 0.2) is 5.96 Å². The van der Waals surface area contributed by atoms with Gasteiger partial charge in [0.05, 0.1) is 19.2 Å². The summed E-state index contributed by atoms with van der Waals surface area (Å²) >= 11 is 0. The molecule has 0 amide bonds. The number of hydrogen-bond donors (Lipinski definition) is 3. The molecular formula is C11H15N5O2. The Morgan fingerprint density at radius 2 is 2.06 bits per heavy atom. The lowest BCUT2D eigenvalue weighted by Crippen LogP contribution is -2.26. The molecule has 96 valence electrons. The molecule has 0 saturated heterocycles. The van der Waals surface area contributed by atoms with Crippen LogP contribution in [-0.4, -0.2) is 25.0 Å². The summed E-state index contributed by atoms with van der Waals surface area (Å²) in [4.78, 5) is 18.7. The van der Waals surface area contributed by atoms with E-state index in [4.69, 9.17) is 17.2 Å². The summed E-state index contributed by atoms with van der Waals surface area (Å²) in [6, 6.07) is 6.95. The number of ether oxygens (including phenoxy) is 1. The van der Waals surface area contributed by atoms with E-state index in [1.165, 1.54) is 7.11 Å². The molecule has 0 unspecified atom stereocenters. The molecule has 18 heavy (non-hydrogen) atoms. The van der Waals surface area contributed by atoms with E-state index in [1.807, 2.05) is 0 Å². The largest absolute Gasteiger partial charge is 0.469 e. The Morgan fingerprint density at radius 1 is 1.33 bits per heavy atom. The molecule has 0 bridgehead atoms. The minimum absolute atomic E-state index is 0.0507. The van der Waals surface area contributed by atoms with Crippen molar-refractivity contribution in [2.24, 2.45) is 27.2 Å². The van der Waals surface area contributed by atoms with E-state index in [2.05, 4.69) is 14.7 Å². The maximum absolute atomic E-state index is 11.1. The molecule has 0 aliphatic carbocycles. The molecular weight excluding hydrogens is 234 g/mol. The van der Waals surface area contributed by atoms with Crippen LogP contribution in [0, 0.1) is 0 Å². The number of carbonyl (C=O) groups excluding carboxylic acids is 1. The number of methoxy groups -OCH3 is 1. The number of benzene rings is 1. The fourth-order valence-electron chi connectivity index (χ4n) is 1.26. The number of esters is 1. The summed E-state index contributed by atoms with van der Waals surface area (Å²) in [5, 5.41) is 0. The standard InChI is InChI=1S/C11H15N5O2/c1-18-9(17)6-7-3-2-4-8(5-7)15-11(14)16-10(12)13/h2-5H,6H2,1H3,(H6,12,13,14,15,16). The van der Waals surface area contributed by atoms with Crippen molar-refractivity contribution in [2.75, 3.05) is 7.11 Å². The van der Waals surface area contributed by atoms with E-state index >= 15 is 0 Å². The zero-order valence-corrected chi connectivity index (χ0v) is 9.96. The van der Waals surface area contributed by atoms with Gasteiger partial charge in [-0.1, -0.05) is 12.1 Å². The molecule has 6 N–H and O–H groups in total. The normalized spacial score (nSPS) is 10.8. The monoisotopic (exact) mass is 249 g/mol. The molecule has 0 heterocycles. The summed E-state index contributed by atoms with van der Waals surface area (Å²) < 4.78 is 4.57. The van der Waals surface area contributed by atoms with Crippen LogP contribution in [0.2, 0.25) is 0 Å². The van der Waals surface area contributed by atoms with Crippen LogP contribution in [0.1, 0.15) is 5.56 Å². The van der Waals surface area contributed by atoms with Gasteiger partial charge in [0.25, 0.3) is 0 Å². The summed E-state index contributed by atoms with van der Waals surface area (Å²) in [6.07, 6.45) is 0.169. The predicted octanol–water partition coefficient (Wildman–Crippen LogP) is -0.378. The maximum atomic E-state index is 11.1. The second-order valence-corrected chi connectivity index (χ2v) is 3.43. The van der Waals surface area contributed by atoms with Crippen molar-refractivity contribution in [3.63, 3.8) is 0 Å². The Kier molecular flexibility index (Phi) is 4.67. The zero-order chi connectivity index (χ0) is 13.5. The van der Waals surface area contributed by atoms with Gasteiger partial charge in [-0.15, -0.1) is 0 Å². The van der Waals surface area contributed by atoms with Gasteiger partial charge in [0.2, 0.25) is 5.96 Å². The average Bonchev–Trinajstić information content (AvgIpc) is 2.28. The van der Waals surface area contributed by atoms with E-state index in [1.54, 1.807) is 24.3 Å². The summed E-state index contributed by atoms with van der Waals surface area (Å²) in [6.45, 7) is 0. The van der Waals surface area contributed by atoms with Gasteiger partial charge in [0.1, 0.15) is 0 Å². The van der Waals surface area contributed by atoms with Crippen LogP contribution >= 0.6 is 0 Å². The molecule has 7 heteroatoms. The van der Waals surface area contributed by atoms with Gasteiger partial charge in [-0.2, -0.15) is 4.99 Å². The summed E-state index contributed by atoms with van der Waals surface area (Å²) in [5.41, 5.74) is 17.1. The molecule has 0 aliphatic rings. The second kappa shape index (κ2) is 6.24.